The molecular weight excluding hydrogens is 108 g/mol. The third kappa shape index (κ3) is 348. The summed E-state index contributed by atoms with van der Waals surface area (Å²) < 4.78 is 0. The van der Waals surface area contributed by atoms with Crippen LogP contribution in [0.15, 0.2) is 13.2 Å². The van der Waals surface area contributed by atoms with Gasteiger partial charge in [0.15, 0.2) is 0 Å². The molecule has 0 unspecified atom stereocenters. The molecule has 0 saturated heterocycles. The van der Waals surface area contributed by atoms with Crippen LogP contribution in [0, 0.1) is 0 Å². The molecule has 0 aromatic heterocycles. The first-order chi connectivity index (χ1) is 2.91. The normalized spacial score (nSPS) is 4.25. The van der Waals surface area contributed by atoms with Crippen molar-refractivity contribution in [2.45, 2.75) is 0 Å². The van der Waals surface area contributed by atoms with E-state index in [1.54, 1.807) is 0 Å². The molecule has 0 aromatic rings. The number of rotatable bonds is 1. The van der Waals surface area contributed by atoms with Gasteiger partial charge in [-0.25, -0.2) is 0 Å². The van der Waals surface area contributed by atoms with Crippen LogP contribution in [-0.4, -0.2) is 23.4 Å². The van der Waals surface area contributed by atoms with Crippen molar-refractivity contribution < 1.29 is 10.2 Å². The fourth-order valence-electron chi connectivity index (χ4n) is 0. The average Bonchev–Trinajstić information content (AvgIpc) is 1.72. The Morgan fingerprint density at radius 2 is 1.00 bits per heavy atom. The minimum Gasteiger partial charge on any atom is -0.394 e. The summed E-state index contributed by atoms with van der Waals surface area (Å²) in [6.07, 6.45) is 0. The first kappa shape index (κ1) is 25.6. The van der Waals surface area contributed by atoms with Crippen molar-refractivity contribution in [3.8, 4) is 0 Å². The van der Waals surface area contributed by atoms with Crippen molar-refractivity contribution in [3.63, 3.8) is 0 Å². The Morgan fingerprint density at radius 1 is 0.875 bits per heavy atom. The van der Waals surface area contributed by atoms with Crippen LogP contribution in [-0.2, 0) is 0 Å². The lowest BCUT2D eigenvalue weighted by Crippen LogP contribution is -1.85. The third-order valence-corrected chi connectivity index (χ3v) is 0.1000. The van der Waals surface area contributed by atoms with E-state index in [2.05, 4.69) is 13.2 Å². The van der Waals surface area contributed by atoms with Crippen LogP contribution in [0.5, 0.6) is 0 Å². The topological polar surface area (TPSA) is 110 Å². The molecule has 4 heteroatoms. The van der Waals surface area contributed by atoms with Gasteiger partial charge in [-0.1, -0.05) is 0 Å². The maximum Gasteiger partial charge on any atom is 0.0662 e. The van der Waals surface area contributed by atoms with Crippen molar-refractivity contribution in [2.24, 2.45) is 0 Å². The predicted molar refractivity (Wildman–Crippen MR) is 35.5 cm³/mol. The standard InChI is InChI=1S/C2H6O2.C2H4.2H3N/c3-1-2-4;1-2;;/h3-4H,1-2H2;1-2H2;2*1H3. The van der Waals surface area contributed by atoms with Gasteiger partial charge in [-0.05, 0) is 0 Å². The fraction of sp³-hybridized carbons (Fsp3) is 0.500. The van der Waals surface area contributed by atoms with Crippen molar-refractivity contribution in [2.75, 3.05) is 13.2 Å². The quantitative estimate of drug-likeness (QED) is 0.371. The highest BCUT2D eigenvalue weighted by molar-refractivity contribution is 4.22. The molecule has 0 radical (unpaired) electrons. The molecule has 0 spiro atoms. The highest BCUT2D eigenvalue weighted by Crippen LogP contribution is 1.39. The van der Waals surface area contributed by atoms with Gasteiger partial charge < -0.3 is 22.5 Å². The molecule has 8 N–H and O–H groups in total. The lowest BCUT2D eigenvalue weighted by molar-refractivity contribution is 0.186. The number of aliphatic hydroxyl groups is 2. The van der Waals surface area contributed by atoms with E-state index >= 15 is 0 Å². The molecule has 0 aliphatic rings. The summed E-state index contributed by atoms with van der Waals surface area (Å²) in [6.45, 7) is 5.75. The summed E-state index contributed by atoms with van der Waals surface area (Å²) in [5.41, 5.74) is 0. The molecule has 0 saturated carbocycles. The van der Waals surface area contributed by atoms with Crippen LogP contribution >= 0.6 is 0 Å². The van der Waals surface area contributed by atoms with Crippen LogP contribution in [0.25, 0.3) is 0 Å². The molecule has 0 aliphatic carbocycles. The van der Waals surface area contributed by atoms with Gasteiger partial charge in [-0.15, -0.1) is 13.2 Å². The molecule has 0 aromatic carbocycles. The van der Waals surface area contributed by atoms with Gasteiger partial charge in [0.2, 0.25) is 0 Å². The first-order valence-electron chi connectivity index (χ1n) is 1.63. The zero-order chi connectivity index (χ0) is 5.41. The van der Waals surface area contributed by atoms with E-state index in [9.17, 15) is 0 Å². The molecule has 4 nitrogen and oxygen atoms in total. The predicted octanol–water partition coefficient (Wildman–Crippen LogP) is 0.0972. The minimum atomic E-state index is -0.125. The van der Waals surface area contributed by atoms with Crippen molar-refractivity contribution >= 4 is 0 Å². The smallest absolute Gasteiger partial charge is 0.0662 e. The van der Waals surface area contributed by atoms with E-state index in [-0.39, 0.29) is 25.5 Å². The molecule has 0 bridgehead atoms. The lowest BCUT2D eigenvalue weighted by atomic mass is 10.8. The first-order valence-corrected chi connectivity index (χ1v) is 1.63. The molecule has 0 rings (SSSR count). The van der Waals surface area contributed by atoms with E-state index in [1.165, 1.54) is 0 Å². The zero-order valence-electron chi connectivity index (χ0n) is 5.14. The third-order valence-electron chi connectivity index (χ3n) is 0.1000. The van der Waals surface area contributed by atoms with Crippen LogP contribution in [0.4, 0.5) is 0 Å². The van der Waals surface area contributed by atoms with Crippen LogP contribution in [0.1, 0.15) is 0 Å². The Morgan fingerprint density at radius 3 is 1.00 bits per heavy atom. The molecule has 54 valence electrons. The highest BCUT2D eigenvalue weighted by Gasteiger charge is 1.58. The molecule has 0 amide bonds. The van der Waals surface area contributed by atoms with Crippen LogP contribution in [0.2, 0.25) is 0 Å². The van der Waals surface area contributed by atoms with E-state index in [0.717, 1.165) is 0 Å². The molecule has 0 aliphatic heterocycles. The Labute approximate surface area is 50.0 Å². The summed E-state index contributed by atoms with van der Waals surface area (Å²) in [6, 6.07) is 0. The largest absolute Gasteiger partial charge is 0.394 e. The Hall–Kier alpha value is -0.420. The minimum absolute atomic E-state index is 0. The molecule has 0 fully saturated rings. The molecular formula is C4H16N2O2. The second-order valence-electron chi connectivity index (χ2n) is 0.447. The van der Waals surface area contributed by atoms with E-state index < -0.39 is 0 Å². The molecule has 0 atom stereocenters. The molecule has 0 heterocycles. The molecule has 8 heavy (non-hydrogen) atoms. The number of hydrogen-bond donors (Lipinski definition) is 4. The maximum absolute atomic E-state index is 7.62. The highest BCUT2D eigenvalue weighted by atomic mass is 16.3. The van der Waals surface area contributed by atoms with Crippen LogP contribution < -0.4 is 12.3 Å². The maximum atomic E-state index is 7.62. The average molecular weight is 124 g/mol. The van der Waals surface area contributed by atoms with Gasteiger partial charge in [0.25, 0.3) is 0 Å². The van der Waals surface area contributed by atoms with Gasteiger partial charge in [-0.3, -0.25) is 0 Å². The zero-order valence-corrected chi connectivity index (χ0v) is 5.14. The Kier molecular flexibility index (Phi) is 263. The number of aliphatic hydroxyl groups excluding tert-OH is 2. The van der Waals surface area contributed by atoms with Crippen molar-refractivity contribution in [1.82, 2.24) is 12.3 Å². The van der Waals surface area contributed by atoms with Gasteiger partial charge in [0.05, 0.1) is 13.2 Å². The van der Waals surface area contributed by atoms with Gasteiger partial charge in [0.1, 0.15) is 0 Å². The van der Waals surface area contributed by atoms with Gasteiger partial charge in [-0.2, -0.15) is 0 Å². The van der Waals surface area contributed by atoms with Crippen molar-refractivity contribution in [3.05, 3.63) is 13.2 Å². The van der Waals surface area contributed by atoms with E-state index in [4.69, 9.17) is 10.2 Å². The van der Waals surface area contributed by atoms with Gasteiger partial charge >= 0.3 is 0 Å². The number of hydrogen-bond acceptors (Lipinski definition) is 4. The summed E-state index contributed by atoms with van der Waals surface area (Å²) in [5.74, 6) is 0. The second kappa shape index (κ2) is 82.1. The summed E-state index contributed by atoms with van der Waals surface area (Å²) in [5, 5.41) is 15.2. The summed E-state index contributed by atoms with van der Waals surface area (Å²) >= 11 is 0. The lowest BCUT2D eigenvalue weighted by Gasteiger charge is -1.70. The monoisotopic (exact) mass is 124 g/mol. The van der Waals surface area contributed by atoms with Crippen LogP contribution in [0.3, 0.4) is 0 Å². The summed E-state index contributed by atoms with van der Waals surface area (Å²) in [4.78, 5) is 0. The summed E-state index contributed by atoms with van der Waals surface area (Å²) in [7, 11) is 0. The van der Waals surface area contributed by atoms with E-state index in [0.29, 0.717) is 0 Å². The van der Waals surface area contributed by atoms with Crippen molar-refractivity contribution in [1.29, 1.82) is 0 Å². The second-order valence-corrected chi connectivity index (χ2v) is 0.447. The Bertz CT molecular complexity index is 19.5. The fourth-order valence-corrected chi connectivity index (χ4v) is 0. The van der Waals surface area contributed by atoms with Gasteiger partial charge in [0, 0.05) is 0 Å². The van der Waals surface area contributed by atoms with E-state index in [1.807, 2.05) is 0 Å². The SMILES string of the molecule is C=C.N.N.OCCO. The Balaban J connectivity index is -0.0000000183.